The Morgan fingerprint density at radius 3 is 2.33 bits per heavy atom. The third-order valence-electron chi connectivity index (χ3n) is 5.10. The smallest absolute Gasteiger partial charge is 0.411 e. The van der Waals surface area contributed by atoms with Crippen molar-refractivity contribution in [2.75, 3.05) is 31.1 Å². The van der Waals surface area contributed by atoms with E-state index in [1.165, 1.54) is 0 Å². The Labute approximate surface area is 207 Å². The van der Waals surface area contributed by atoms with Gasteiger partial charge in [0.1, 0.15) is 11.5 Å². The van der Waals surface area contributed by atoms with Crippen molar-refractivity contribution >= 4 is 46.7 Å². The van der Waals surface area contributed by atoms with Crippen LogP contribution in [0.2, 0.25) is 10.0 Å². The molecule has 0 radical (unpaired) electrons. The summed E-state index contributed by atoms with van der Waals surface area (Å²) < 4.78 is 5.26. The third kappa shape index (κ3) is 5.66. The summed E-state index contributed by atoms with van der Waals surface area (Å²) in [5, 5.41) is 0.0757. The second kappa shape index (κ2) is 9.71. The predicted octanol–water partition coefficient (Wildman–Crippen LogP) is 5.75. The van der Waals surface area contributed by atoms with Crippen LogP contribution in [0.15, 0.2) is 48.9 Å². The number of piperazine rings is 1. The maximum atomic E-state index is 12.3. The highest BCUT2D eigenvalue weighted by molar-refractivity contribution is 6.33. The first-order chi connectivity index (χ1) is 15.7. The van der Waals surface area contributed by atoms with Crippen molar-refractivity contribution in [2.45, 2.75) is 18.9 Å². The summed E-state index contributed by atoms with van der Waals surface area (Å²) >= 11 is 18.5. The number of hydrogen-bond acceptors (Lipinski definition) is 6. The van der Waals surface area contributed by atoms with Gasteiger partial charge in [-0.05, 0) is 32.0 Å². The second-order valence-electron chi connectivity index (χ2n) is 7.99. The first kappa shape index (κ1) is 23.5. The van der Waals surface area contributed by atoms with Crippen LogP contribution in [0.4, 0.5) is 10.6 Å². The quantitative estimate of drug-likeness (QED) is 0.420. The van der Waals surface area contributed by atoms with Crippen LogP contribution in [0.3, 0.4) is 0 Å². The molecular weight excluding hydrogens is 485 g/mol. The van der Waals surface area contributed by atoms with Crippen molar-refractivity contribution in [1.82, 2.24) is 19.9 Å². The van der Waals surface area contributed by atoms with Gasteiger partial charge in [0.25, 0.3) is 0 Å². The molecule has 4 rings (SSSR count). The Balaban J connectivity index is 1.62. The van der Waals surface area contributed by atoms with E-state index in [1.807, 2.05) is 30.3 Å². The highest BCUT2D eigenvalue weighted by Crippen LogP contribution is 2.34. The van der Waals surface area contributed by atoms with Crippen molar-refractivity contribution in [3.8, 4) is 22.5 Å². The van der Waals surface area contributed by atoms with Gasteiger partial charge in [0.15, 0.2) is 5.06 Å². The number of rotatable bonds is 4. The molecule has 0 unspecified atom stereocenters. The number of carbonyl (C=O) groups excluding carboxylic acids is 1. The third-order valence-corrected chi connectivity index (χ3v) is 5.73. The molecule has 0 spiro atoms. The first-order valence-corrected chi connectivity index (χ1v) is 11.5. The number of halogens is 3. The predicted molar refractivity (Wildman–Crippen MR) is 131 cm³/mol. The molecule has 172 valence electrons. The molecule has 0 aliphatic carbocycles. The van der Waals surface area contributed by atoms with E-state index in [2.05, 4.69) is 9.88 Å². The maximum absolute atomic E-state index is 12.3. The van der Waals surface area contributed by atoms with E-state index >= 15 is 0 Å². The lowest BCUT2D eigenvalue weighted by Gasteiger charge is -2.35. The average Bonchev–Trinajstić information content (AvgIpc) is 2.79. The molecule has 2 aromatic heterocycles. The van der Waals surface area contributed by atoms with Crippen LogP contribution in [0.1, 0.15) is 13.8 Å². The van der Waals surface area contributed by atoms with E-state index in [-0.39, 0.29) is 0 Å². The van der Waals surface area contributed by atoms with Gasteiger partial charge < -0.3 is 14.5 Å². The molecule has 1 saturated heterocycles. The number of ether oxygens (including phenoxy) is 1. The van der Waals surface area contributed by atoms with E-state index < -0.39 is 11.2 Å². The van der Waals surface area contributed by atoms with Gasteiger partial charge in [-0.25, -0.2) is 9.78 Å². The lowest BCUT2D eigenvalue weighted by Crippen LogP contribution is -2.50. The normalized spacial score (nSPS) is 14.3. The molecule has 1 aliphatic heterocycles. The Kier molecular flexibility index (Phi) is 6.93. The number of hydrogen-bond donors (Lipinski definition) is 0. The molecule has 1 amide bonds. The lowest BCUT2D eigenvalue weighted by molar-refractivity contribution is 0.0570. The molecule has 7 nitrogen and oxygen atoms in total. The van der Waals surface area contributed by atoms with Crippen LogP contribution < -0.4 is 4.90 Å². The zero-order valence-electron chi connectivity index (χ0n) is 18.1. The molecule has 1 fully saturated rings. The van der Waals surface area contributed by atoms with Crippen molar-refractivity contribution in [2.24, 2.45) is 0 Å². The number of benzene rings is 1. The van der Waals surface area contributed by atoms with E-state index in [4.69, 9.17) is 49.5 Å². The molecular formula is C23H22Cl3N5O2. The van der Waals surface area contributed by atoms with Crippen molar-refractivity contribution in [3.63, 3.8) is 0 Å². The fourth-order valence-electron chi connectivity index (χ4n) is 3.50. The minimum absolute atomic E-state index is 0.428. The topological polar surface area (TPSA) is 71.5 Å². The Bertz CT molecular complexity index is 1140. The molecule has 3 aromatic rings. The maximum Gasteiger partial charge on any atom is 0.411 e. The fourth-order valence-corrected chi connectivity index (χ4v) is 3.90. The molecule has 0 saturated carbocycles. The van der Waals surface area contributed by atoms with Crippen molar-refractivity contribution in [3.05, 3.63) is 59.0 Å². The molecule has 1 aromatic carbocycles. The second-order valence-corrected chi connectivity index (χ2v) is 9.75. The highest BCUT2D eigenvalue weighted by atomic mass is 35.5. The molecule has 0 bridgehead atoms. The van der Waals surface area contributed by atoms with Crippen molar-refractivity contribution < 1.29 is 9.53 Å². The summed E-state index contributed by atoms with van der Waals surface area (Å²) in [5.74, 6) is 0.696. The van der Waals surface area contributed by atoms with Crippen LogP contribution in [-0.4, -0.2) is 57.2 Å². The van der Waals surface area contributed by atoms with Gasteiger partial charge in [-0.1, -0.05) is 46.9 Å². The number of nitrogens with zero attached hydrogens (tertiary/aromatic N) is 5. The summed E-state index contributed by atoms with van der Waals surface area (Å²) in [6, 6.07) is 9.23. The number of carbonyl (C=O) groups is 1. The van der Waals surface area contributed by atoms with Gasteiger partial charge in [-0.15, -0.1) is 0 Å². The van der Waals surface area contributed by atoms with Gasteiger partial charge >= 0.3 is 6.09 Å². The van der Waals surface area contributed by atoms with Crippen LogP contribution >= 0.6 is 34.8 Å². The van der Waals surface area contributed by atoms with Gasteiger partial charge in [0.2, 0.25) is 0 Å². The zero-order chi connectivity index (χ0) is 23.6. The Morgan fingerprint density at radius 1 is 1.00 bits per heavy atom. The average molecular weight is 507 g/mol. The summed E-state index contributed by atoms with van der Waals surface area (Å²) in [7, 11) is 0. The van der Waals surface area contributed by atoms with E-state index in [1.54, 1.807) is 37.3 Å². The van der Waals surface area contributed by atoms with Crippen molar-refractivity contribution in [1.29, 1.82) is 0 Å². The number of pyridine rings is 1. The Hall–Kier alpha value is -2.61. The number of anilines is 1. The van der Waals surface area contributed by atoms with Crippen LogP contribution in [0, 0.1) is 0 Å². The lowest BCUT2D eigenvalue weighted by atomic mass is 10.0. The Morgan fingerprint density at radius 2 is 1.70 bits per heavy atom. The van der Waals surface area contributed by atoms with Crippen LogP contribution in [0.25, 0.3) is 22.5 Å². The number of amides is 1. The molecule has 10 heteroatoms. The summed E-state index contributed by atoms with van der Waals surface area (Å²) in [6.45, 7) is 5.39. The summed E-state index contributed by atoms with van der Waals surface area (Å²) in [4.78, 5) is 29.7. The SMILES string of the molecule is CC(C)(Cl)OC(=O)N1CCN(c2cnc(-c3ccc(Cl)cc3)c(-c3ccncc3Cl)n2)CC1. The van der Waals surface area contributed by atoms with Gasteiger partial charge in [0.05, 0.1) is 16.9 Å². The van der Waals surface area contributed by atoms with Gasteiger partial charge in [0, 0.05) is 54.7 Å². The van der Waals surface area contributed by atoms with Gasteiger partial charge in [-0.2, -0.15) is 0 Å². The van der Waals surface area contributed by atoms with E-state index in [0.29, 0.717) is 53.4 Å². The first-order valence-electron chi connectivity index (χ1n) is 10.4. The van der Waals surface area contributed by atoms with Crippen LogP contribution in [0.5, 0.6) is 0 Å². The standard InChI is InChI=1S/C23H22Cl3N5O2/c1-23(2,26)33-22(32)31-11-9-30(10-12-31)19-14-28-20(15-3-5-16(24)6-4-15)21(29-19)17-7-8-27-13-18(17)25/h3-8,13-14H,9-12H2,1-2H3. The number of alkyl halides is 1. The summed E-state index contributed by atoms with van der Waals surface area (Å²) in [5.41, 5.74) is 2.94. The van der Waals surface area contributed by atoms with Crippen LogP contribution in [-0.2, 0) is 4.74 Å². The summed E-state index contributed by atoms with van der Waals surface area (Å²) in [6.07, 6.45) is 4.56. The monoisotopic (exact) mass is 505 g/mol. The minimum Gasteiger partial charge on any atom is -0.427 e. The molecule has 0 N–H and O–H groups in total. The van der Waals surface area contributed by atoms with Gasteiger partial charge in [-0.3, -0.25) is 9.97 Å². The van der Waals surface area contributed by atoms with E-state index in [9.17, 15) is 4.79 Å². The number of aromatic nitrogens is 3. The largest absolute Gasteiger partial charge is 0.427 e. The minimum atomic E-state index is -1.05. The molecule has 33 heavy (non-hydrogen) atoms. The highest BCUT2D eigenvalue weighted by Gasteiger charge is 2.28. The zero-order valence-corrected chi connectivity index (χ0v) is 20.4. The molecule has 1 aliphatic rings. The molecule has 0 atom stereocenters. The van der Waals surface area contributed by atoms with E-state index in [0.717, 1.165) is 11.1 Å². The molecule has 3 heterocycles. The fraction of sp³-hybridized carbons (Fsp3) is 0.304.